The Hall–Kier alpha value is -3.48. The Morgan fingerprint density at radius 1 is 1.03 bits per heavy atom. The summed E-state index contributed by atoms with van der Waals surface area (Å²) >= 11 is 0. The van der Waals surface area contributed by atoms with Crippen LogP contribution in [0.5, 0.6) is 17.2 Å². The van der Waals surface area contributed by atoms with Gasteiger partial charge in [-0.15, -0.1) is 0 Å². The van der Waals surface area contributed by atoms with Gasteiger partial charge in [-0.1, -0.05) is 18.2 Å². The summed E-state index contributed by atoms with van der Waals surface area (Å²) in [6.07, 6.45) is 4.85. The van der Waals surface area contributed by atoms with E-state index in [1.54, 1.807) is 37.3 Å². The number of amides is 1. The van der Waals surface area contributed by atoms with Crippen LogP contribution in [0.15, 0.2) is 48.5 Å². The molecule has 1 amide bonds. The molecule has 0 spiro atoms. The smallest absolute Gasteiger partial charge is 0.331 e. The van der Waals surface area contributed by atoms with Crippen LogP contribution in [0, 0.1) is 0 Å². The van der Waals surface area contributed by atoms with Crippen LogP contribution in [0.3, 0.4) is 0 Å². The Balaban J connectivity index is 1.54. The highest BCUT2D eigenvalue weighted by molar-refractivity contribution is 5.89. The van der Waals surface area contributed by atoms with Crippen LogP contribution in [-0.2, 0) is 20.9 Å². The summed E-state index contributed by atoms with van der Waals surface area (Å²) in [5.74, 6) is 1.21. The van der Waals surface area contributed by atoms with Crippen molar-refractivity contribution < 1.29 is 28.5 Å². The fraction of sp³-hybridized carbons (Fsp3) is 0.360. The Bertz CT molecular complexity index is 949. The van der Waals surface area contributed by atoms with Gasteiger partial charge >= 0.3 is 5.97 Å². The zero-order valence-electron chi connectivity index (χ0n) is 18.7. The van der Waals surface area contributed by atoms with Crippen molar-refractivity contribution in [2.45, 2.75) is 32.4 Å². The zero-order valence-corrected chi connectivity index (χ0v) is 18.7. The monoisotopic (exact) mass is 439 g/mol. The van der Waals surface area contributed by atoms with Gasteiger partial charge in [-0.2, -0.15) is 0 Å². The molecule has 0 aliphatic heterocycles. The van der Waals surface area contributed by atoms with Crippen LogP contribution in [-0.4, -0.2) is 50.3 Å². The highest BCUT2D eigenvalue weighted by atomic mass is 16.5. The van der Waals surface area contributed by atoms with Crippen molar-refractivity contribution in [3.05, 3.63) is 59.7 Å². The number of carbonyl (C=O) groups is 2. The largest absolute Gasteiger partial charge is 0.497 e. The number of carbonyl (C=O) groups excluding carboxylic acids is 2. The summed E-state index contributed by atoms with van der Waals surface area (Å²) in [5.41, 5.74) is 1.76. The summed E-state index contributed by atoms with van der Waals surface area (Å²) in [6.45, 7) is 2.61. The van der Waals surface area contributed by atoms with E-state index in [4.69, 9.17) is 18.9 Å². The van der Waals surface area contributed by atoms with Gasteiger partial charge in [0, 0.05) is 18.7 Å². The van der Waals surface area contributed by atoms with E-state index in [1.165, 1.54) is 6.08 Å². The standard InChI is InChI=1S/C25H29NO6/c1-4-31-22-13-7-18(15-23(22)30-3)8-14-25(28)32-17-24(27)26(20-9-10-20)16-19-5-11-21(29-2)12-6-19/h5-8,11-15,20H,4,9-10,16-17H2,1-3H3/b14-8+. The molecule has 7 nitrogen and oxygen atoms in total. The molecular formula is C25H29NO6. The Labute approximate surface area is 188 Å². The number of hydrogen-bond acceptors (Lipinski definition) is 6. The van der Waals surface area contributed by atoms with Gasteiger partial charge in [0.1, 0.15) is 5.75 Å². The molecule has 2 aromatic rings. The van der Waals surface area contributed by atoms with Crippen LogP contribution in [0.2, 0.25) is 0 Å². The van der Waals surface area contributed by atoms with Crippen molar-refractivity contribution in [2.24, 2.45) is 0 Å². The number of nitrogens with zero attached hydrogens (tertiary/aromatic N) is 1. The predicted octanol–water partition coefficient (Wildman–Crippen LogP) is 3.85. The van der Waals surface area contributed by atoms with E-state index in [0.717, 1.165) is 29.7 Å². The first kappa shape index (κ1) is 23.2. The molecule has 0 bridgehead atoms. The maximum Gasteiger partial charge on any atom is 0.331 e. The van der Waals surface area contributed by atoms with Gasteiger partial charge in [0.25, 0.3) is 5.91 Å². The Morgan fingerprint density at radius 2 is 1.78 bits per heavy atom. The molecule has 1 aliphatic carbocycles. The van der Waals surface area contributed by atoms with Gasteiger partial charge in [0.15, 0.2) is 18.1 Å². The van der Waals surface area contributed by atoms with Gasteiger partial charge in [-0.05, 0) is 61.2 Å². The van der Waals surface area contributed by atoms with Gasteiger partial charge in [0.2, 0.25) is 0 Å². The summed E-state index contributed by atoms with van der Waals surface area (Å²) in [7, 11) is 3.17. The molecule has 0 radical (unpaired) electrons. The summed E-state index contributed by atoms with van der Waals surface area (Å²) < 4.78 is 21.2. The number of rotatable bonds is 11. The number of methoxy groups -OCH3 is 2. The first-order chi connectivity index (χ1) is 15.5. The average molecular weight is 440 g/mol. The fourth-order valence-corrected chi connectivity index (χ4v) is 3.23. The van der Waals surface area contributed by atoms with E-state index in [0.29, 0.717) is 24.7 Å². The molecule has 7 heteroatoms. The molecular weight excluding hydrogens is 410 g/mol. The lowest BCUT2D eigenvalue weighted by Crippen LogP contribution is -2.35. The van der Waals surface area contributed by atoms with Crippen molar-refractivity contribution >= 4 is 18.0 Å². The topological polar surface area (TPSA) is 74.3 Å². The number of ether oxygens (including phenoxy) is 4. The number of hydrogen-bond donors (Lipinski definition) is 0. The summed E-state index contributed by atoms with van der Waals surface area (Å²) in [5, 5.41) is 0. The minimum Gasteiger partial charge on any atom is -0.497 e. The molecule has 1 saturated carbocycles. The van der Waals surface area contributed by atoms with Gasteiger partial charge < -0.3 is 23.8 Å². The van der Waals surface area contributed by atoms with Crippen molar-refractivity contribution in [2.75, 3.05) is 27.4 Å². The maximum absolute atomic E-state index is 12.7. The summed E-state index contributed by atoms with van der Waals surface area (Å²) in [6, 6.07) is 13.2. The van der Waals surface area contributed by atoms with Crippen molar-refractivity contribution in [1.29, 1.82) is 0 Å². The third-order valence-electron chi connectivity index (χ3n) is 5.06. The molecule has 0 aromatic heterocycles. The first-order valence-corrected chi connectivity index (χ1v) is 10.6. The van der Waals surface area contributed by atoms with E-state index in [1.807, 2.05) is 37.3 Å². The van der Waals surface area contributed by atoms with Crippen molar-refractivity contribution in [3.63, 3.8) is 0 Å². The van der Waals surface area contributed by atoms with E-state index in [9.17, 15) is 9.59 Å². The van der Waals surface area contributed by atoms with E-state index < -0.39 is 5.97 Å². The molecule has 0 unspecified atom stereocenters. The van der Waals surface area contributed by atoms with Gasteiger partial charge in [-0.3, -0.25) is 4.79 Å². The third kappa shape index (κ3) is 6.51. The second kappa shape index (κ2) is 11.2. The lowest BCUT2D eigenvalue weighted by molar-refractivity contribution is -0.148. The predicted molar refractivity (Wildman–Crippen MR) is 121 cm³/mol. The Morgan fingerprint density at radius 3 is 2.41 bits per heavy atom. The molecule has 0 atom stereocenters. The van der Waals surface area contributed by atoms with Crippen LogP contribution >= 0.6 is 0 Å². The van der Waals surface area contributed by atoms with Crippen molar-refractivity contribution in [3.8, 4) is 17.2 Å². The molecule has 1 fully saturated rings. The van der Waals surface area contributed by atoms with E-state index in [2.05, 4.69) is 0 Å². The maximum atomic E-state index is 12.7. The van der Waals surface area contributed by atoms with Gasteiger partial charge in [0.05, 0.1) is 20.8 Å². The minimum absolute atomic E-state index is 0.201. The van der Waals surface area contributed by atoms with Crippen LogP contribution in [0.1, 0.15) is 30.9 Å². The van der Waals surface area contributed by atoms with Crippen LogP contribution in [0.25, 0.3) is 6.08 Å². The second-order valence-corrected chi connectivity index (χ2v) is 7.39. The molecule has 1 aliphatic rings. The summed E-state index contributed by atoms with van der Waals surface area (Å²) in [4.78, 5) is 26.6. The SMILES string of the molecule is CCOc1ccc(/C=C/C(=O)OCC(=O)N(Cc2ccc(OC)cc2)C2CC2)cc1OC. The normalized spacial score (nSPS) is 13.0. The molecule has 2 aromatic carbocycles. The number of benzene rings is 2. The first-order valence-electron chi connectivity index (χ1n) is 10.6. The zero-order chi connectivity index (χ0) is 22.9. The molecule has 0 N–H and O–H groups in total. The highest BCUT2D eigenvalue weighted by Crippen LogP contribution is 2.29. The Kier molecular flexibility index (Phi) is 8.14. The van der Waals surface area contributed by atoms with Gasteiger partial charge in [-0.25, -0.2) is 4.79 Å². The lowest BCUT2D eigenvalue weighted by Gasteiger charge is -2.22. The lowest BCUT2D eigenvalue weighted by atomic mass is 10.2. The van der Waals surface area contributed by atoms with Crippen LogP contribution in [0.4, 0.5) is 0 Å². The van der Waals surface area contributed by atoms with E-state index in [-0.39, 0.29) is 18.6 Å². The highest BCUT2D eigenvalue weighted by Gasteiger charge is 2.32. The van der Waals surface area contributed by atoms with Crippen LogP contribution < -0.4 is 14.2 Å². The quantitative estimate of drug-likeness (QED) is 0.391. The molecule has 0 heterocycles. The molecule has 170 valence electrons. The minimum atomic E-state index is -0.577. The van der Waals surface area contributed by atoms with Crippen molar-refractivity contribution in [1.82, 2.24) is 4.90 Å². The second-order valence-electron chi connectivity index (χ2n) is 7.39. The fourth-order valence-electron chi connectivity index (χ4n) is 3.23. The van der Waals surface area contributed by atoms with E-state index >= 15 is 0 Å². The number of esters is 1. The molecule has 0 saturated heterocycles. The third-order valence-corrected chi connectivity index (χ3v) is 5.06. The average Bonchev–Trinajstić information content (AvgIpc) is 3.66. The molecule has 32 heavy (non-hydrogen) atoms. The molecule has 3 rings (SSSR count).